The molecule has 0 aliphatic carbocycles. The fourth-order valence-electron chi connectivity index (χ4n) is 1.28. The van der Waals surface area contributed by atoms with Crippen molar-refractivity contribution in [3.8, 4) is 0 Å². The summed E-state index contributed by atoms with van der Waals surface area (Å²) in [4.78, 5) is 22.3. The molecule has 0 atom stereocenters. The zero-order valence-electron chi connectivity index (χ0n) is 9.90. The van der Waals surface area contributed by atoms with Crippen LogP contribution in [-0.2, 0) is 14.3 Å². The van der Waals surface area contributed by atoms with Crippen molar-refractivity contribution in [2.45, 2.75) is 6.92 Å². The minimum absolute atomic E-state index is 0.164. The number of carbonyl (C=O) groups is 2. The lowest BCUT2D eigenvalue weighted by atomic mass is 10.1. The Morgan fingerprint density at radius 2 is 1.94 bits per heavy atom. The smallest absolute Gasteiger partial charge is 0.335 e. The van der Waals surface area contributed by atoms with Crippen LogP contribution in [0.5, 0.6) is 0 Å². The molecule has 0 radical (unpaired) electrons. The summed E-state index contributed by atoms with van der Waals surface area (Å²) in [5.41, 5.74) is 1.30. The molecule has 90 valence electrons. The van der Waals surface area contributed by atoms with E-state index in [1.165, 1.54) is 14.0 Å². The van der Waals surface area contributed by atoms with Crippen molar-refractivity contribution in [3.05, 3.63) is 41.5 Å². The first-order valence-electron chi connectivity index (χ1n) is 5.22. The molecule has 0 fully saturated rings. The highest BCUT2D eigenvalue weighted by molar-refractivity contribution is 5.94. The van der Waals surface area contributed by atoms with Crippen LogP contribution in [0.4, 0.5) is 0 Å². The molecule has 0 aromatic heterocycles. The van der Waals surface area contributed by atoms with E-state index in [0.29, 0.717) is 5.57 Å². The quantitative estimate of drug-likeness (QED) is 0.631. The molecule has 1 N–H and O–H groups in total. The Kier molecular flexibility index (Phi) is 4.94. The minimum Gasteiger partial charge on any atom is -0.466 e. The molecular weight excluding hydrogens is 218 g/mol. The molecule has 0 spiro atoms. The van der Waals surface area contributed by atoms with Crippen molar-refractivity contribution in [1.82, 2.24) is 5.32 Å². The molecule has 0 unspecified atom stereocenters. The highest BCUT2D eigenvalue weighted by Gasteiger charge is 2.09. The van der Waals surface area contributed by atoms with Crippen LogP contribution in [0.3, 0.4) is 0 Å². The van der Waals surface area contributed by atoms with Gasteiger partial charge >= 0.3 is 5.97 Å². The van der Waals surface area contributed by atoms with Gasteiger partial charge in [0.2, 0.25) is 5.91 Å². The van der Waals surface area contributed by atoms with Crippen LogP contribution in [0.1, 0.15) is 12.5 Å². The molecule has 17 heavy (non-hydrogen) atoms. The molecule has 0 bridgehead atoms. The number of carbonyl (C=O) groups excluding carboxylic acids is 2. The van der Waals surface area contributed by atoms with Gasteiger partial charge in [0.1, 0.15) is 0 Å². The Balaban J connectivity index is 2.86. The summed E-state index contributed by atoms with van der Waals surface area (Å²) >= 11 is 0. The van der Waals surface area contributed by atoms with Gasteiger partial charge in [0.15, 0.2) is 0 Å². The van der Waals surface area contributed by atoms with E-state index in [0.717, 1.165) is 5.56 Å². The average molecular weight is 233 g/mol. The van der Waals surface area contributed by atoms with Gasteiger partial charge in [0, 0.05) is 13.5 Å². The van der Waals surface area contributed by atoms with E-state index in [1.54, 1.807) is 6.08 Å². The maximum Gasteiger partial charge on any atom is 0.335 e. The molecule has 1 aromatic rings. The third-order valence-corrected chi connectivity index (χ3v) is 2.12. The van der Waals surface area contributed by atoms with Crippen molar-refractivity contribution >= 4 is 18.0 Å². The van der Waals surface area contributed by atoms with Crippen LogP contribution in [0, 0.1) is 0 Å². The van der Waals surface area contributed by atoms with E-state index < -0.39 is 5.97 Å². The van der Waals surface area contributed by atoms with Gasteiger partial charge in [-0.15, -0.1) is 0 Å². The molecule has 0 aliphatic rings. The van der Waals surface area contributed by atoms with Gasteiger partial charge in [0.25, 0.3) is 0 Å². The number of benzene rings is 1. The van der Waals surface area contributed by atoms with Gasteiger partial charge in [-0.3, -0.25) is 4.79 Å². The van der Waals surface area contributed by atoms with E-state index in [1.807, 2.05) is 30.3 Å². The van der Waals surface area contributed by atoms with Gasteiger partial charge in [0.05, 0.1) is 12.7 Å². The first-order chi connectivity index (χ1) is 8.13. The molecule has 4 heteroatoms. The van der Waals surface area contributed by atoms with Gasteiger partial charge in [-0.25, -0.2) is 4.79 Å². The molecule has 0 saturated heterocycles. The molecule has 0 heterocycles. The predicted octanol–water partition coefficient (Wildman–Crippen LogP) is 1.38. The number of rotatable bonds is 4. The van der Waals surface area contributed by atoms with Gasteiger partial charge in [-0.1, -0.05) is 30.3 Å². The average Bonchev–Trinajstić information content (AvgIpc) is 2.34. The Bertz CT molecular complexity index is 424. The first kappa shape index (κ1) is 13.0. The zero-order valence-corrected chi connectivity index (χ0v) is 9.90. The van der Waals surface area contributed by atoms with Crippen molar-refractivity contribution in [1.29, 1.82) is 0 Å². The van der Waals surface area contributed by atoms with Crippen LogP contribution in [0.2, 0.25) is 0 Å². The van der Waals surface area contributed by atoms with Crippen LogP contribution in [-0.4, -0.2) is 25.5 Å². The summed E-state index contributed by atoms with van der Waals surface area (Å²) in [5.74, 6) is -0.629. The fourth-order valence-corrected chi connectivity index (χ4v) is 1.28. The monoisotopic (exact) mass is 233 g/mol. The minimum atomic E-state index is -0.442. The summed E-state index contributed by atoms with van der Waals surface area (Å²) in [6.07, 6.45) is 1.70. The van der Waals surface area contributed by atoms with Crippen molar-refractivity contribution in [2.24, 2.45) is 0 Å². The first-order valence-corrected chi connectivity index (χ1v) is 5.22. The summed E-state index contributed by atoms with van der Waals surface area (Å²) < 4.78 is 4.66. The normalized spacial score (nSPS) is 10.8. The summed E-state index contributed by atoms with van der Waals surface area (Å²) in [6.45, 7) is 1.56. The summed E-state index contributed by atoms with van der Waals surface area (Å²) in [6, 6.07) is 9.38. The van der Waals surface area contributed by atoms with Crippen molar-refractivity contribution in [3.63, 3.8) is 0 Å². The highest BCUT2D eigenvalue weighted by atomic mass is 16.5. The van der Waals surface area contributed by atoms with E-state index in [-0.39, 0.29) is 12.5 Å². The Morgan fingerprint density at radius 3 is 2.47 bits per heavy atom. The fraction of sp³-hybridized carbons (Fsp3) is 0.231. The SMILES string of the molecule is COC(=O)/C(=C\c1ccccc1)CNC(C)=O. The number of hydrogen-bond donors (Lipinski definition) is 1. The molecule has 0 aliphatic heterocycles. The summed E-state index contributed by atoms with van der Waals surface area (Å²) in [5, 5.41) is 2.57. The molecule has 1 rings (SSSR count). The van der Waals surface area contributed by atoms with E-state index in [4.69, 9.17) is 0 Å². The van der Waals surface area contributed by atoms with Crippen molar-refractivity contribution in [2.75, 3.05) is 13.7 Å². The Hall–Kier alpha value is -2.10. The number of esters is 1. The molecule has 1 aromatic carbocycles. The lowest BCUT2D eigenvalue weighted by Crippen LogP contribution is -2.25. The van der Waals surface area contributed by atoms with E-state index in [2.05, 4.69) is 10.1 Å². The van der Waals surface area contributed by atoms with Crippen molar-refractivity contribution < 1.29 is 14.3 Å². The molecular formula is C13H15NO3. The number of amides is 1. The number of methoxy groups -OCH3 is 1. The highest BCUT2D eigenvalue weighted by Crippen LogP contribution is 2.07. The molecule has 0 saturated carbocycles. The maximum atomic E-state index is 11.5. The number of ether oxygens (including phenoxy) is 1. The Labute approximate surface area is 100 Å². The maximum absolute atomic E-state index is 11.5. The predicted molar refractivity (Wildman–Crippen MR) is 65.1 cm³/mol. The van der Waals surface area contributed by atoms with Gasteiger partial charge in [-0.2, -0.15) is 0 Å². The number of nitrogens with one attached hydrogen (secondary N) is 1. The third-order valence-electron chi connectivity index (χ3n) is 2.12. The molecule has 1 amide bonds. The lowest BCUT2D eigenvalue weighted by Gasteiger charge is -2.06. The second-order valence-corrected chi connectivity index (χ2v) is 3.48. The molecule has 4 nitrogen and oxygen atoms in total. The van der Waals surface area contributed by atoms with E-state index in [9.17, 15) is 9.59 Å². The van der Waals surface area contributed by atoms with Crippen LogP contribution in [0.25, 0.3) is 6.08 Å². The van der Waals surface area contributed by atoms with Crippen LogP contribution < -0.4 is 5.32 Å². The van der Waals surface area contributed by atoms with Crippen LogP contribution in [0.15, 0.2) is 35.9 Å². The number of hydrogen-bond acceptors (Lipinski definition) is 3. The zero-order chi connectivity index (χ0) is 12.7. The second-order valence-electron chi connectivity index (χ2n) is 3.48. The summed E-state index contributed by atoms with van der Waals surface area (Å²) in [7, 11) is 1.31. The van der Waals surface area contributed by atoms with E-state index >= 15 is 0 Å². The topological polar surface area (TPSA) is 55.4 Å². The Morgan fingerprint density at radius 1 is 1.29 bits per heavy atom. The van der Waals surface area contributed by atoms with Crippen LogP contribution >= 0.6 is 0 Å². The second kappa shape index (κ2) is 6.48. The van der Waals surface area contributed by atoms with Gasteiger partial charge < -0.3 is 10.1 Å². The lowest BCUT2D eigenvalue weighted by molar-refractivity contribution is -0.136. The third kappa shape index (κ3) is 4.51. The standard InChI is InChI=1S/C13H15NO3/c1-10(15)14-9-12(13(16)17-2)8-11-6-4-3-5-7-11/h3-8H,9H2,1-2H3,(H,14,15)/b12-8-. The van der Waals surface area contributed by atoms with Gasteiger partial charge in [-0.05, 0) is 11.6 Å². The largest absolute Gasteiger partial charge is 0.466 e.